The number of piperidine rings is 1. The second-order valence-electron chi connectivity index (χ2n) is 7.52. The molecule has 1 aromatic carbocycles. The number of likely N-dealkylation sites (N-methyl/N-ethyl adjacent to an activating group) is 1. The van der Waals surface area contributed by atoms with Crippen LogP contribution in [0.25, 0.3) is 0 Å². The Hall–Kier alpha value is -2.63. The summed E-state index contributed by atoms with van der Waals surface area (Å²) in [7, 11) is 2.07. The lowest BCUT2D eigenvalue weighted by atomic mass is 9.49. The maximum Gasteiger partial charge on any atom is 0.299 e. The van der Waals surface area contributed by atoms with Gasteiger partial charge >= 0.3 is 0 Å². The van der Waals surface area contributed by atoms with E-state index in [0.717, 1.165) is 24.1 Å². The number of nitrogens with zero attached hydrogens (tertiary/aromatic N) is 3. The van der Waals surface area contributed by atoms with E-state index in [4.69, 9.17) is 9.57 Å². The molecule has 2 aliphatic heterocycles. The Labute approximate surface area is 149 Å². The molecular formula is C18H17N3O5. The Morgan fingerprint density at radius 1 is 1.50 bits per heavy atom. The van der Waals surface area contributed by atoms with E-state index in [1.807, 2.05) is 12.1 Å². The summed E-state index contributed by atoms with van der Waals surface area (Å²) in [5.74, 6) is 0.205. The monoisotopic (exact) mass is 355 g/mol. The van der Waals surface area contributed by atoms with Gasteiger partial charge in [0.25, 0.3) is 5.09 Å². The largest absolute Gasteiger partial charge is 0.466 e. The van der Waals surface area contributed by atoms with Crippen LogP contribution in [0, 0.1) is 27.4 Å². The molecule has 1 saturated heterocycles. The molecular weight excluding hydrogens is 338 g/mol. The van der Waals surface area contributed by atoms with E-state index < -0.39 is 22.2 Å². The Kier molecular flexibility index (Phi) is 2.85. The third-order valence-electron chi connectivity index (χ3n) is 6.67. The van der Waals surface area contributed by atoms with Gasteiger partial charge in [-0.15, -0.1) is 10.1 Å². The fraction of sp³-hybridized carbons (Fsp3) is 0.500. The van der Waals surface area contributed by atoms with Crippen molar-refractivity contribution >= 4 is 0 Å². The highest BCUT2D eigenvalue weighted by molar-refractivity contribution is 5.65. The fourth-order valence-electron chi connectivity index (χ4n) is 5.64. The lowest BCUT2D eigenvalue weighted by Gasteiger charge is -2.58. The van der Waals surface area contributed by atoms with Crippen molar-refractivity contribution in [3.8, 4) is 17.6 Å². The van der Waals surface area contributed by atoms with Crippen LogP contribution < -0.4 is 9.57 Å². The summed E-state index contributed by atoms with van der Waals surface area (Å²) in [6.45, 7) is 0.758. The highest BCUT2D eigenvalue weighted by Crippen LogP contribution is 2.66. The second-order valence-corrected chi connectivity index (χ2v) is 7.52. The molecule has 1 aromatic rings. The van der Waals surface area contributed by atoms with Crippen molar-refractivity contribution in [2.24, 2.45) is 5.92 Å². The highest BCUT2D eigenvalue weighted by atomic mass is 17.0. The summed E-state index contributed by atoms with van der Waals surface area (Å²) in [4.78, 5) is 17.9. The molecule has 1 N–H and O–H groups in total. The molecule has 0 aromatic heterocycles. The predicted octanol–water partition coefficient (Wildman–Crippen LogP) is 0.957. The quantitative estimate of drug-likeness (QED) is 0.478. The van der Waals surface area contributed by atoms with Crippen molar-refractivity contribution in [2.75, 3.05) is 13.6 Å². The van der Waals surface area contributed by atoms with Crippen molar-refractivity contribution in [3.63, 3.8) is 0 Å². The second kappa shape index (κ2) is 4.75. The average molecular weight is 355 g/mol. The number of hydrogen-bond donors (Lipinski definition) is 1. The van der Waals surface area contributed by atoms with Crippen LogP contribution in [0.1, 0.15) is 17.5 Å². The van der Waals surface area contributed by atoms with Gasteiger partial charge in [0.15, 0.2) is 11.5 Å². The van der Waals surface area contributed by atoms with E-state index in [2.05, 4.69) is 18.0 Å². The van der Waals surface area contributed by atoms with Gasteiger partial charge in [-0.25, -0.2) is 0 Å². The van der Waals surface area contributed by atoms with Crippen molar-refractivity contribution in [2.45, 2.75) is 36.0 Å². The van der Waals surface area contributed by atoms with E-state index in [-0.39, 0.29) is 23.5 Å². The van der Waals surface area contributed by atoms with Gasteiger partial charge < -0.3 is 14.7 Å². The first-order valence-corrected chi connectivity index (χ1v) is 8.60. The number of hydrogen-bond acceptors (Lipinski definition) is 7. The standard InChI is InChI=1S/C18H17N3O5/c1-20-7-6-17-11-3-5-14(22)18(17,9-19)25-16-13(26-21(23)24)4-2-10(15(16)17)8-12(11)20/h2-5,11-12,14,22H,6-8H2,1H3/t11-,12+,14-,17-,18-/m0/s1. The molecule has 0 radical (unpaired) electrons. The zero-order chi connectivity index (χ0) is 18.3. The lowest BCUT2D eigenvalue weighted by Crippen LogP contribution is -2.70. The minimum absolute atomic E-state index is 0.0103. The first kappa shape index (κ1) is 15.6. The molecule has 2 bridgehead atoms. The van der Waals surface area contributed by atoms with E-state index in [9.17, 15) is 20.5 Å². The van der Waals surface area contributed by atoms with Crippen LogP contribution in [0.5, 0.6) is 11.5 Å². The van der Waals surface area contributed by atoms with Crippen LogP contribution >= 0.6 is 0 Å². The molecule has 1 fully saturated rings. The molecule has 2 aliphatic carbocycles. The number of rotatable bonds is 2. The van der Waals surface area contributed by atoms with E-state index in [1.165, 1.54) is 6.07 Å². The number of likely N-dealkylation sites (tertiary alicyclic amines) is 1. The van der Waals surface area contributed by atoms with Crippen molar-refractivity contribution in [1.29, 1.82) is 5.26 Å². The molecule has 8 heteroatoms. The Bertz CT molecular complexity index is 909. The minimum Gasteiger partial charge on any atom is -0.466 e. The summed E-state index contributed by atoms with van der Waals surface area (Å²) in [6, 6.07) is 5.77. The summed E-state index contributed by atoms with van der Waals surface area (Å²) in [5.41, 5.74) is -0.426. The van der Waals surface area contributed by atoms with E-state index in [0.29, 0.717) is 6.42 Å². The van der Waals surface area contributed by atoms with Crippen LogP contribution in [-0.4, -0.2) is 46.4 Å². The molecule has 5 atom stereocenters. The van der Waals surface area contributed by atoms with Crippen molar-refractivity contribution in [1.82, 2.24) is 4.90 Å². The third kappa shape index (κ3) is 1.52. The molecule has 0 amide bonds. The van der Waals surface area contributed by atoms with Gasteiger partial charge in [0.05, 0.1) is 5.41 Å². The maximum atomic E-state index is 10.9. The molecule has 8 nitrogen and oxygen atoms in total. The van der Waals surface area contributed by atoms with Gasteiger partial charge in [0, 0.05) is 17.5 Å². The average Bonchev–Trinajstić information content (AvgIpc) is 2.92. The third-order valence-corrected chi connectivity index (χ3v) is 6.67. The normalized spacial score (nSPS) is 38.9. The Balaban J connectivity index is 1.84. The summed E-state index contributed by atoms with van der Waals surface area (Å²) < 4.78 is 6.08. The summed E-state index contributed by atoms with van der Waals surface area (Å²) in [6.07, 6.45) is 3.89. The summed E-state index contributed by atoms with van der Waals surface area (Å²) >= 11 is 0. The fourth-order valence-corrected chi connectivity index (χ4v) is 5.64. The van der Waals surface area contributed by atoms with Crippen molar-refractivity contribution < 1.29 is 19.8 Å². The smallest absolute Gasteiger partial charge is 0.299 e. The van der Waals surface area contributed by atoms with Gasteiger partial charge in [-0.2, -0.15) is 5.26 Å². The van der Waals surface area contributed by atoms with E-state index >= 15 is 0 Å². The Morgan fingerprint density at radius 3 is 3.04 bits per heavy atom. The van der Waals surface area contributed by atoms with Crippen molar-refractivity contribution in [3.05, 3.63) is 45.5 Å². The lowest BCUT2D eigenvalue weighted by molar-refractivity contribution is -0.711. The van der Waals surface area contributed by atoms with Crippen LogP contribution in [0.4, 0.5) is 0 Å². The van der Waals surface area contributed by atoms with Crippen LogP contribution in [0.15, 0.2) is 24.3 Å². The molecule has 1 spiro atoms. The Morgan fingerprint density at radius 2 is 2.31 bits per heavy atom. The molecule has 4 aliphatic rings. The van der Waals surface area contributed by atoms with Crippen LogP contribution in [-0.2, 0) is 11.8 Å². The summed E-state index contributed by atoms with van der Waals surface area (Å²) in [5, 5.41) is 30.9. The molecule has 5 rings (SSSR count). The number of aliphatic hydroxyl groups is 1. The van der Waals surface area contributed by atoms with Gasteiger partial charge in [-0.3, -0.25) is 4.84 Å². The molecule has 0 unspecified atom stereocenters. The number of nitriles is 1. The molecule has 0 saturated carbocycles. The minimum atomic E-state index is -1.50. The number of aliphatic hydroxyl groups excluding tert-OH is 1. The van der Waals surface area contributed by atoms with Gasteiger partial charge in [-0.05, 0) is 38.1 Å². The molecule has 26 heavy (non-hydrogen) atoms. The van der Waals surface area contributed by atoms with Crippen LogP contribution in [0.2, 0.25) is 0 Å². The number of ether oxygens (including phenoxy) is 1. The topological polar surface area (TPSA) is 109 Å². The molecule has 134 valence electrons. The van der Waals surface area contributed by atoms with E-state index in [1.54, 1.807) is 6.08 Å². The SMILES string of the molecule is CN1CC[C@]23c4c5ccc(O[N+](=O)[O-])c4O[C@@]2(C#N)[C@@H](O)C=C[C@H]3[C@H]1C5. The zero-order valence-electron chi connectivity index (χ0n) is 14.1. The predicted molar refractivity (Wildman–Crippen MR) is 88.1 cm³/mol. The first-order valence-electron chi connectivity index (χ1n) is 8.60. The van der Waals surface area contributed by atoms with Gasteiger partial charge in [0.1, 0.15) is 12.2 Å². The van der Waals surface area contributed by atoms with Crippen LogP contribution in [0.3, 0.4) is 0 Å². The maximum absolute atomic E-state index is 10.9. The first-order chi connectivity index (χ1) is 12.4. The molecule has 2 heterocycles. The zero-order valence-corrected chi connectivity index (χ0v) is 14.1. The highest BCUT2D eigenvalue weighted by Gasteiger charge is 2.72. The van der Waals surface area contributed by atoms with Gasteiger partial charge in [-0.1, -0.05) is 18.2 Å². The van der Waals surface area contributed by atoms with Gasteiger partial charge in [0.2, 0.25) is 5.60 Å². The number of benzene rings is 1.